The number of aromatic nitrogens is 1. The van der Waals surface area contributed by atoms with E-state index in [0.29, 0.717) is 6.54 Å². The van der Waals surface area contributed by atoms with E-state index in [9.17, 15) is 9.18 Å². The largest absolute Gasteiger partial charge is 0.496 e. The monoisotopic (exact) mass is 570 g/mol. The maximum Gasteiger partial charge on any atom is 0.242 e. The number of benzene rings is 2. The first-order valence-electron chi connectivity index (χ1n) is 14.4. The fraction of sp³-hybridized carbons (Fsp3) is 0.353. The Morgan fingerprint density at radius 2 is 1.93 bits per heavy atom. The summed E-state index contributed by atoms with van der Waals surface area (Å²) in [5, 5.41) is 6.73. The van der Waals surface area contributed by atoms with E-state index in [0.717, 1.165) is 82.0 Å². The molecule has 42 heavy (non-hydrogen) atoms. The Bertz CT molecular complexity index is 1490. The lowest BCUT2D eigenvalue weighted by Crippen LogP contribution is -2.49. The Kier molecular flexibility index (Phi) is 9.04. The van der Waals surface area contributed by atoms with E-state index >= 15 is 0 Å². The van der Waals surface area contributed by atoms with E-state index in [2.05, 4.69) is 40.6 Å². The number of hydrogen-bond acceptors (Lipinski definition) is 6. The molecule has 8 heteroatoms. The number of fused-ring (bicyclic) bond motifs is 1. The molecule has 3 aromatic rings. The third-order valence-corrected chi connectivity index (χ3v) is 8.20. The molecule has 0 saturated carbocycles. The molecule has 5 rings (SSSR count). The van der Waals surface area contributed by atoms with Crippen LogP contribution < -0.4 is 20.1 Å². The van der Waals surface area contributed by atoms with Gasteiger partial charge in [0.2, 0.25) is 5.91 Å². The molecule has 2 aliphatic rings. The van der Waals surface area contributed by atoms with Gasteiger partial charge in [-0.3, -0.25) is 15.1 Å². The van der Waals surface area contributed by atoms with E-state index < -0.39 is 6.04 Å². The average Bonchev–Trinajstić information content (AvgIpc) is 3.53. The third kappa shape index (κ3) is 6.10. The van der Waals surface area contributed by atoms with Gasteiger partial charge in [-0.25, -0.2) is 4.39 Å². The van der Waals surface area contributed by atoms with Crippen molar-refractivity contribution in [2.45, 2.75) is 45.3 Å². The highest BCUT2D eigenvalue weighted by Gasteiger charge is 2.35. The Balaban J connectivity index is 1.59. The Morgan fingerprint density at radius 3 is 2.55 bits per heavy atom. The molecular formula is C34H39FN4O3. The van der Waals surface area contributed by atoms with Crippen LogP contribution in [0.4, 0.5) is 4.39 Å². The zero-order chi connectivity index (χ0) is 29.8. The van der Waals surface area contributed by atoms with Crippen molar-refractivity contribution in [2.24, 2.45) is 0 Å². The number of hydrogen-bond donors (Lipinski definition) is 2. The zero-order valence-corrected chi connectivity index (χ0v) is 25.0. The lowest BCUT2D eigenvalue weighted by molar-refractivity contribution is -0.122. The van der Waals surface area contributed by atoms with Crippen molar-refractivity contribution in [2.75, 3.05) is 34.4 Å². The van der Waals surface area contributed by atoms with Gasteiger partial charge in [-0.05, 0) is 109 Å². The molecule has 1 aliphatic carbocycles. The number of amides is 1. The molecule has 1 saturated heterocycles. The maximum absolute atomic E-state index is 14.8. The molecule has 1 fully saturated rings. The Labute approximate surface area is 247 Å². The van der Waals surface area contributed by atoms with Crippen LogP contribution in [0.1, 0.15) is 48.1 Å². The van der Waals surface area contributed by atoms with Crippen LogP contribution in [0.25, 0.3) is 17.2 Å². The van der Waals surface area contributed by atoms with Crippen LogP contribution in [-0.4, -0.2) is 62.2 Å². The van der Waals surface area contributed by atoms with Crippen molar-refractivity contribution < 1.29 is 18.7 Å². The molecule has 0 bridgehead atoms. The zero-order valence-electron chi connectivity index (χ0n) is 25.0. The predicted molar refractivity (Wildman–Crippen MR) is 165 cm³/mol. The van der Waals surface area contributed by atoms with Gasteiger partial charge in [0, 0.05) is 37.1 Å². The van der Waals surface area contributed by atoms with Crippen molar-refractivity contribution >= 4 is 23.1 Å². The van der Waals surface area contributed by atoms with Gasteiger partial charge in [0.05, 0.1) is 14.2 Å². The summed E-state index contributed by atoms with van der Waals surface area (Å²) in [5.74, 6) is 1.01. The lowest BCUT2D eigenvalue weighted by Gasteiger charge is -2.25. The number of carbonyl (C=O) groups excluding carboxylic acids is 1. The second-order valence-corrected chi connectivity index (χ2v) is 11.0. The summed E-state index contributed by atoms with van der Waals surface area (Å²) in [4.78, 5) is 20.3. The van der Waals surface area contributed by atoms with Gasteiger partial charge in [-0.2, -0.15) is 0 Å². The summed E-state index contributed by atoms with van der Waals surface area (Å²) < 4.78 is 26.2. The molecule has 2 atom stereocenters. The molecule has 1 aromatic heterocycles. The molecule has 0 radical (unpaired) electrons. The molecule has 2 N–H and O–H groups in total. The van der Waals surface area contributed by atoms with Gasteiger partial charge in [-0.1, -0.05) is 19.1 Å². The Hall–Kier alpha value is -4.01. The number of pyridine rings is 1. The van der Waals surface area contributed by atoms with Gasteiger partial charge in [0.1, 0.15) is 23.4 Å². The minimum Gasteiger partial charge on any atom is -0.496 e. The van der Waals surface area contributed by atoms with Crippen LogP contribution in [0.15, 0.2) is 60.4 Å². The molecule has 2 heterocycles. The van der Waals surface area contributed by atoms with Crippen LogP contribution in [-0.2, 0) is 17.8 Å². The number of nitrogens with zero attached hydrogens (tertiary/aromatic N) is 2. The van der Waals surface area contributed by atoms with Crippen molar-refractivity contribution in [3.63, 3.8) is 0 Å². The van der Waals surface area contributed by atoms with E-state index in [1.54, 1.807) is 38.7 Å². The highest BCUT2D eigenvalue weighted by Crippen LogP contribution is 2.45. The molecule has 220 valence electrons. The van der Waals surface area contributed by atoms with E-state index in [-0.39, 0.29) is 17.8 Å². The average molecular weight is 571 g/mol. The van der Waals surface area contributed by atoms with Gasteiger partial charge < -0.3 is 19.7 Å². The summed E-state index contributed by atoms with van der Waals surface area (Å²) in [5.41, 5.74) is 7.07. The molecule has 1 amide bonds. The van der Waals surface area contributed by atoms with Crippen molar-refractivity contribution in [3.05, 3.63) is 94.1 Å². The van der Waals surface area contributed by atoms with E-state index in [1.807, 2.05) is 31.2 Å². The summed E-state index contributed by atoms with van der Waals surface area (Å²) >= 11 is 0. The van der Waals surface area contributed by atoms with Gasteiger partial charge >= 0.3 is 0 Å². The summed E-state index contributed by atoms with van der Waals surface area (Å²) in [6.07, 6.45) is 7.22. The van der Waals surface area contributed by atoms with Crippen molar-refractivity contribution in [3.8, 4) is 11.5 Å². The minimum absolute atomic E-state index is 0.129. The SMILES string of the molecule is CCc1c(OC)cc(/C=C2/C(C)=C(C(NC3CCN(C)C3)C(=O)NCc3cccnc3)c3cc(F)ccc32)cc1OC. The van der Waals surface area contributed by atoms with Gasteiger partial charge in [0.25, 0.3) is 0 Å². The fourth-order valence-electron chi connectivity index (χ4n) is 6.07. The van der Waals surface area contributed by atoms with E-state index in [1.165, 1.54) is 6.07 Å². The Morgan fingerprint density at radius 1 is 1.17 bits per heavy atom. The van der Waals surface area contributed by atoms with Crippen LogP contribution >= 0.6 is 0 Å². The lowest BCUT2D eigenvalue weighted by atomic mass is 9.96. The smallest absolute Gasteiger partial charge is 0.242 e. The fourth-order valence-corrected chi connectivity index (χ4v) is 6.07. The molecule has 0 spiro atoms. The second kappa shape index (κ2) is 12.9. The maximum atomic E-state index is 14.8. The summed E-state index contributed by atoms with van der Waals surface area (Å²) in [7, 11) is 5.39. The standard InChI is InChI=1S/C34H39FN4O3/c1-6-26-30(41-4)15-23(16-31(26)42-5)14-28-21(2)32(29-17-24(35)9-10-27(28)29)33(38-25-11-13-39(3)20-25)34(40)37-19-22-8-7-12-36-18-22/h7-10,12,14-18,25,33,38H,6,11,13,19-20H2,1-5H3,(H,37,40)/b28-14-. The van der Waals surface area contributed by atoms with Crippen LogP contribution in [0, 0.1) is 5.82 Å². The number of allylic oxidation sites excluding steroid dienone is 2. The predicted octanol–water partition coefficient (Wildman–Crippen LogP) is 5.11. The first-order chi connectivity index (χ1) is 20.3. The van der Waals surface area contributed by atoms with Gasteiger partial charge in [0.15, 0.2) is 0 Å². The number of methoxy groups -OCH3 is 2. The molecule has 1 aliphatic heterocycles. The van der Waals surface area contributed by atoms with Crippen molar-refractivity contribution in [1.29, 1.82) is 0 Å². The van der Waals surface area contributed by atoms with Crippen molar-refractivity contribution in [1.82, 2.24) is 20.5 Å². The normalized spacial score (nSPS) is 18.3. The number of carbonyl (C=O) groups is 1. The number of ether oxygens (including phenoxy) is 2. The highest BCUT2D eigenvalue weighted by atomic mass is 19.1. The molecule has 7 nitrogen and oxygen atoms in total. The quantitative estimate of drug-likeness (QED) is 0.353. The highest BCUT2D eigenvalue weighted by molar-refractivity contribution is 6.11. The molecule has 2 aromatic carbocycles. The van der Waals surface area contributed by atoms with Crippen LogP contribution in [0.3, 0.4) is 0 Å². The minimum atomic E-state index is -0.670. The van der Waals surface area contributed by atoms with Crippen LogP contribution in [0.5, 0.6) is 11.5 Å². The second-order valence-electron chi connectivity index (χ2n) is 11.0. The number of halogens is 1. The number of likely N-dealkylation sites (N-methyl/N-ethyl adjacent to an activating group) is 1. The summed E-state index contributed by atoms with van der Waals surface area (Å²) in [6, 6.07) is 12.0. The summed E-state index contributed by atoms with van der Waals surface area (Å²) in [6.45, 7) is 6.21. The molecular weight excluding hydrogens is 531 g/mol. The molecule has 2 unspecified atom stereocenters. The number of likely N-dealkylation sites (tertiary alicyclic amines) is 1. The first kappa shape index (κ1) is 29.5. The first-order valence-corrected chi connectivity index (χ1v) is 14.4. The number of rotatable bonds is 10. The van der Waals surface area contributed by atoms with Gasteiger partial charge in [-0.15, -0.1) is 0 Å². The topological polar surface area (TPSA) is 75.7 Å². The van der Waals surface area contributed by atoms with Crippen LogP contribution in [0.2, 0.25) is 0 Å². The van der Waals surface area contributed by atoms with E-state index in [4.69, 9.17) is 9.47 Å². The third-order valence-electron chi connectivity index (χ3n) is 8.20. The number of nitrogens with one attached hydrogen (secondary N) is 2.